The normalized spacial score (nSPS) is 12.2. The molecule has 1 atom stereocenters. The van der Waals surface area contributed by atoms with Crippen LogP contribution in [0, 0.1) is 5.92 Å². The summed E-state index contributed by atoms with van der Waals surface area (Å²) in [5, 5.41) is 19.1. The topological polar surface area (TPSA) is 79.2 Å². The fraction of sp³-hybridized carbons (Fsp3) is 0.444. The van der Waals surface area contributed by atoms with Gasteiger partial charge in [-0.3, -0.25) is 4.68 Å². The Kier molecular flexibility index (Phi) is 6.81. The van der Waals surface area contributed by atoms with E-state index in [-0.39, 0.29) is 18.7 Å². The molecule has 1 aromatic heterocycles. The maximum absolute atomic E-state index is 12.3. The number of hydrogen-bond acceptors (Lipinski definition) is 3. The number of nitrogens with one attached hydrogen (secondary N) is 2. The van der Waals surface area contributed by atoms with Gasteiger partial charge in [0.15, 0.2) is 0 Å². The Balaban J connectivity index is 1.96. The van der Waals surface area contributed by atoms with Gasteiger partial charge >= 0.3 is 6.03 Å². The van der Waals surface area contributed by atoms with Crippen molar-refractivity contribution in [3.63, 3.8) is 0 Å². The molecular formula is C18H26N4O2. The van der Waals surface area contributed by atoms with Gasteiger partial charge in [0.2, 0.25) is 0 Å². The van der Waals surface area contributed by atoms with Crippen LogP contribution in [0.3, 0.4) is 0 Å². The molecule has 3 N–H and O–H groups in total. The van der Waals surface area contributed by atoms with Crippen LogP contribution >= 0.6 is 0 Å². The van der Waals surface area contributed by atoms with Gasteiger partial charge in [-0.15, -0.1) is 0 Å². The van der Waals surface area contributed by atoms with Crippen molar-refractivity contribution in [1.29, 1.82) is 0 Å². The lowest BCUT2D eigenvalue weighted by atomic mass is 10.0. The van der Waals surface area contributed by atoms with E-state index in [9.17, 15) is 4.79 Å². The van der Waals surface area contributed by atoms with E-state index < -0.39 is 0 Å². The van der Waals surface area contributed by atoms with Crippen LogP contribution in [-0.4, -0.2) is 27.5 Å². The number of hydrogen-bond donors (Lipinski definition) is 3. The molecular weight excluding hydrogens is 304 g/mol. The molecule has 6 heteroatoms. The van der Waals surface area contributed by atoms with Gasteiger partial charge in [0.25, 0.3) is 0 Å². The second kappa shape index (κ2) is 9.08. The second-order valence-corrected chi connectivity index (χ2v) is 6.27. The Labute approximate surface area is 142 Å². The summed E-state index contributed by atoms with van der Waals surface area (Å²) in [6, 6.07) is 9.37. The molecule has 2 aromatic rings. The Morgan fingerprint density at radius 1 is 1.29 bits per heavy atom. The van der Waals surface area contributed by atoms with Crippen molar-refractivity contribution in [2.75, 3.05) is 11.9 Å². The number of nitrogens with zero attached hydrogens (tertiary/aromatic N) is 2. The van der Waals surface area contributed by atoms with E-state index in [0.717, 1.165) is 12.1 Å². The van der Waals surface area contributed by atoms with Gasteiger partial charge in [-0.05, 0) is 24.3 Å². The third-order valence-corrected chi connectivity index (χ3v) is 3.60. The van der Waals surface area contributed by atoms with Gasteiger partial charge in [0.05, 0.1) is 17.9 Å². The molecule has 2 amide bonds. The molecule has 6 nitrogen and oxygen atoms in total. The van der Waals surface area contributed by atoms with Gasteiger partial charge in [-0.1, -0.05) is 44.2 Å². The number of amides is 2. The zero-order chi connectivity index (χ0) is 17.4. The van der Waals surface area contributed by atoms with Crippen LogP contribution < -0.4 is 10.6 Å². The van der Waals surface area contributed by atoms with Crippen molar-refractivity contribution in [2.24, 2.45) is 5.92 Å². The first kappa shape index (κ1) is 18.0. The summed E-state index contributed by atoms with van der Waals surface area (Å²) < 4.78 is 1.82. The minimum absolute atomic E-state index is 0.106. The lowest BCUT2D eigenvalue weighted by Crippen LogP contribution is -2.32. The molecule has 0 saturated heterocycles. The van der Waals surface area contributed by atoms with Gasteiger partial charge < -0.3 is 15.7 Å². The lowest BCUT2D eigenvalue weighted by Gasteiger charge is -2.19. The third-order valence-electron chi connectivity index (χ3n) is 3.60. The largest absolute Gasteiger partial charge is 0.396 e. The minimum Gasteiger partial charge on any atom is -0.396 e. The van der Waals surface area contributed by atoms with E-state index in [1.165, 1.54) is 0 Å². The van der Waals surface area contributed by atoms with Crippen LogP contribution in [-0.2, 0) is 6.54 Å². The Morgan fingerprint density at radius 3 is 2.71 bits per heavy atom. The Hall–Kier alpha value is -2.34. The van der Waals surface area contributed by atoms with Gasteiger partial charge in [0, 0.05) is 19.3 Å². The van der Waals surface area contributed by atoms with Crippen molar-refractivity contribution < 1.29 is 9.90 Å². The van der Waals surface area contributed by atoms with Crippen molar-refractivity contribution in [1.82, 2.24) is 15.1 Å². The predicted octanol–water partition coefficient (Wildman–Crippen LogP) is 3.17. The summed E-state index contributed by atoms with van der Waals surface area (Å²) >= 11 is 0. The van der Waals surface area contributed by atoms with E-state index in [1.807, 2.05) is 41.2 Å². The highest BCUT2D eigenvalue weighted by Gasteiger charge is 2.14. The first-order valence-electron chi connectivity index (χ1n) is 8.34. The van der Waals surface area contributed by atoms with Crippen molar-refractivity contribution >= 4 is 11.7 Å². The molecule has 0 aliphatic heterocycles. The lowest BCUT2D eigenvalue weighted by molar-refractivity contribution is 0.244. The summed E-state index contributed by atoms with van der Waals surface area (Å²) in [6.45, 7) is 5.15. The number of urea groups is 1. The molecule has 0 spiro atoms. The van der Waals surface area contributed by atoms with Gasteiger partial charge in [0.1, 0.15) is 0 Å². The first-order valence-corrected chi connectivity index (χ1v) is 8.34. The third kappa shape index (κ3) is 5.70. The molecule has 0 saturated carbocycles. The molecule has 0 aliphatic rings. The van der Waals surface area contributed by atoms with E-state index >= 15 is 0 Å². The molecule has 1 aromatic carbocycles. The Morgan fingerprint density at radius 2 is 2.04 bits per heavy atom. The van der Waals surface area contributed by atoms with Crippen LogP contribution in [0.25, 0.3) is 0 Å². The molecule has 130 valence electrons. The highest BCUT2D eigenvalue weighted by molar-refractivity contribution is 5.89. The van der Waals surface area contributed by atoms with E-state index in [0.29, 0.717) is 24.4 Å². The van der Waals surface area contributed by atoms with Crippen LogP contribution in [0.5, 0.6) is 0 Å². The van der Waals surface area contributed by atoms with Crippen LogP contribution in [0.2, 0.25) is 0 Å². The zero-order valence-corrected chi connectivity index (χ0v) is 14.3. The van der Waals surface area contributed by atoms with Crippen LogP contribution in [0.15, 0.2) is 42.7 Å². The molecule has 0 bridgehead atoms. The fourth-order valence-electron chi connectivity index (χ4n) is 2.53. The standard InChI is InChI=1S/C18H26N4O2/c1-14(2)12-22-13-16(11-19-22)20-18(24)21-17(9-6-10-23)15-7-4-3-5-8-15/h3-5,7-8,11,13-14,17,23H,6,9-10,12H2,1-2H3,(H2,20,21,24). The monoisotopic (exact) mass is 330 g/mol. The number of rotatable bonds is 8. The molecule has 2 rings (SSSR count). The molecule has 0 radical (unpaired) electrons. The minimum atomic E-state index is -0.272. The van der Waals surface area contributed by atoms with Crippen LogP contribution in [0.4, 0.5) is 10.5 Å². The summed E-state index contributed by atoms with van der Waals surface area (Å²) in [6.07, 6.45) is 4.78. The average molecular weight is 330 g/mol. The van der Waals surface area contributed by atoms with Gasteiger partial charge in [-0.2, -0.15) is 5.10 Å². The fourth-order valence-corrected chi connectivity index (χ4v) is 2.53. The highest BCUT2D eigenvalue weighted by Crippen LogP contribution is 2.18. The van der Waals surface area contributed by atoms with Crippen molar-refractivity contribution in [3.8, 4) is 0 Å². The number of carbonyl (C=O) groups is 1. The smallest absolute Gasteiger partial charge is 0.319 e. The molecule has 0 aliphatic carbocycles. The first-order chi connectivity index (χ1) is 11.6. The van der Waals surface area contributed by atoms with Crippen LogP contribution in [0.1, 0.15) is 38.3 Å². The van der Waals surface area contributed by atoms with E-state index in [2.05, 4.69) is 29.6 Å². The quantitative estimate of drug-likeness (QED) is 0.695. The molecule has 1 heterocycles. The average Bonchev–Trinajstić information content (AvgIpc) is 2.98. The number of aliphatic hydroxyl groups is 1. The highest BCUT2D eigenvalue weighted by atomic mass is 16.3. The van der Waals surface area contributed by atoms with E-state index in [4.69, 9.17) is 5.11 Å². The Bertz CT molecular complexity index is 625. The second-order valence-electron chi connectivity index (χ2n) is 6.27. The SMILES string of the molecule is CC(C)Cn1cc(NC(=O)NC(CCCO)c2ccccc2)cn1. The molecule has 1 unspecified atom stereocenters. The van der Waals surface area contributed by atoms with Gasteiger partial charge in [-0.25, -0.2) is 4.79 Å². The predicted molar refractivity (Wildman–Crippen MR) is 94.7 cm³/mol. The number of anilines is 1. The summed E-state index contributed by atoms with van der Waals surface area (Å²) in [5.41, 5.74) is 1.69. The molecule has 0 fully saturated rings. The maximum Gasteiger partial charge on any atom is 0.319 e. The summed E-state index contributed by atoms with van der Waals surface area (Å²) in [4.78, 5) is 12.3. The number of benzene rings is 1. The van der Waals surface area contributed by atoms with Crippen molar-refractivity contribution in [3.05, 3.63) is 48.3 Å². The molecule has 24 heavy (non-hydrogen) atoms. The number of carbonyl (C=O) groups excluding carboxylic acids is 1. The van der Waals surface area contributed by atoms with Crippen molar-refractivity contribution in [2.45, 2.75) is 39.3 Å². The number of aliphatic hydroxyl groups excluding tert-OH is 1. The number of aromatic nitrogens is 2. The summed E-state index contributed by atoms with van der Waals surface area (Å²) in [5.74, 6) is 0.493. The van der Waals surface area contributed by atoms with E-state index in [1.54, 1.807) is 6.20 Å². The maximum atomic E-state index is 12.3. The summed E-state index contributed by atoms with van der Waals surface area (Å²) in [7, 11) is 0. The zero-order valence-electron chi connectivity index (χ0n) is 14.3.